The molecule has 0 aromatic heterocycles. The summed E-state index contributed by atoms with van der Waals surface area (Å²) in [5.74, 6) is 1.64. The summed E-state index contributed by atoms with van der Waals surface area (Å²) in [6.45, 7) is 5.34. The monoisotopic (exact) mass is 207 g/mol. The van der Waals surface area contributed by atoms with E-state index in [2.05, 4.69) is 13.8 Å². The summed E-state index contributed by atoms with van der Waals surface area (Å²) in [6, 6.07) is 7.73. The molecule has 2 N–H and O–H groups in total. The van der Waals surface area contributed by atoms with E-state index in [-0.39, 0.29) is 11.5 Å². The van der Waals surface area contributed by atoms with Crippen LogP contribution in [0.3, 0.4) is 0 Å². The second-order valence-electron chi connectivity index (χ2n) is 4.56. The Morgan fingerprint density at radius 3 is 2.67 bits per heavy atom. The zero-order valence-electron chi connectivity index (χ0n) is 9.19. The molecule has 1 aromatic carbocycles. The van der Waals surface area contributed by atoms with Crippen molar-refractivity contribution in [3.8, 4) is 11.5 Å². The number of rotatable bonds is 2. The lowest BCUT2D eigenvalue weighted by atomic mass is 9.86. The molecule has 1 aromatic rings. The van der Waals surface area contributed by atoms with Crippen LogP contribution in [-0.4, -0.2) is 19.3 Å². The van der Waals surface area contributed by atoms with E-state index in [4.69, 9.17) is 15.2 Å². The van der Waals surface area contributed by atoms with Gasteiger partial charge in [0.2, 0.25) is 0 Å². The van der Waals surface area contributed by atoms with Crippen molar-refractivity contribution in [2.75, 3.05) is 13.2 Å². The lowest BCUT2D eigenvalue weighted by molar-refractivity contribution is 0.0116. The van der Waals surface area contributed by atoms with E-state index in [0.29, 0.717) is 13.2 Å². The number of hydrogen-bond acceptors (Lipinski definition) is 3. The van der Waals surface area contributed by atoms with E-state index in [1.54, 1.807) is 0 Å². The molecule has 1 aliphatic rings. The Bertz CT molecular complexity index is 349. The van der Waals surface area contributed by atoms with Gasteiger partial charge in [0.1, 0.15) is 12.7 Å². The quantitative estimate of drug-likeness (QED) is 0.804. The third-order valence-electron chi connectivity index (χ3n) is 2.91. The van der Waals surface area contributed by atoms with Gasteiger partial charge in [0.05, 0.1) is 0 Å². The van der Waals surface area contributed by atoms with Gasteiger partial charge in [0, 0.05) is 12.0 Å². The summed E-state index contributed by atoms with van der Waals surface area (Å²) in [4.78, 5) is 0. The Kier molecular flexibility index (Phi) is 2.57. The topological polar surface area (TPSA) is 44.5 Å². The Morgan fingerprint density at radius 1 is 1.33 bits per heavy atom. The summed E-state index contributed by atoms with van der Waals surface area (Å²) in [5.41, 5.74) is 5.66. The smallest absolute Gasteiger partial charge is 0.161 e. The first kappa shape index (κ1) is 10.3. The first-order valence-electron chi connectivity index (χ1n) is 5.22. The zero-order chi connectivity index (χ0) is 10.9. The van der Waals surface area contributed by atoms with Gasteiger partial charge in [-0.3, -0.25) is 0 Å². The lowest BCUT2D eigenvalue weighted by Crippen LogP contribution is -2.45. The fourth-order valence-corrected chi connectivity index (χ4v) is 1.54. The van der Waals surface area contributed by atoms with Crippen molar-refractivity contribution in [1.29, 1.82) is 0 Å². The molecule has 1 unspecified atom stereocenters. The van der Waals surface area contributed by atoms with Crippen LogP contribution in [0.2, 0.25) is 0 Å². The number of ether oxygens (including phenoxy) is 2. The first-order valence-corrected chi connectivity index (χ1v) is 5.22. The minimum atomic E-state index is -0.0620. The van der Waals surface area contributed by atoms with E-state index in [0.717, 1.165) is 11.5 Å². The maximum absolute atomic E-state index is 5.88. The number of fused-ring (bicyclic) bond motifs is 1. The van der Waals surface area contributed by atoms with Crippen molar-refractivity contribution in [3.63, 3.8) is 0 Å². The fraction of sp³-hybridized carbons (Fsp3) is 0.500. The predicted molar refractivity (Wildman–Crippen MR) is 59.2 cm³/mol. The highest BCUT2D eigenvalue weighted by atomic mass is 16.6. The third-order valence-corrected chi connectivity index (χ3v) is 2.91. The molecule has 0 bridgehead atoms. The Hall–Kier alpha value is -1.22. The van der Waals surface area contributed by atoms with Crippen LogP contribution in [0, 0.1) is 5.41 Å². The number of hydrogen-bond donors (Lipinski definition) is 1. The van der Waals surface area contributed by atoms with Crippen LogP contribution in [0.25, 0.3) is 0 Å². The summed E-state index contributed by atoms with van der Waals surface area (Å²) in [6.07, 6.45) is 0.0254. The standard InChI is InChI=1S/C12H17NO2/c1-12(2,8-13)11-7-14-9-5-3-4-6-10(9)15-11/h3-6,11H,7-8,13H2,1-2H3. The van der Waals surface area contributed by atoms with Gasteiger partial charge in [0.15, 0.2) is 11.5 Å². The Labute approximate surface area is 90.2 Å². The molecule has 15 heavy (non-hydrogen) atoms. The normalized spacial score (nSPS) is 20.1. The van der Waals surface area contributed by atoms with Gasteiger partial charge in [-0.1, -0.05) is 26.0 Å². The van der Waals surface area contributed by atoms with Crippen molar-refractivity contribution in [1.82, 2.24) is 0 Å². The summed E-state index contributed by atoms with van der Waals surface area (Å²) < 4.78 is 11.5. The highest BCUT2D eigenvalue weighted by Crippen LogP contribution is 2.35. The zero-order valence-corrected chi connectivity index (χ0v) is 9.19. The van der Waals surface area contributed by atoms with Gasteiger partial charge in [-0.2, -0.15) is 0 Å². The van der Waals surface area contributed by atoms with E-state index in [1.165, 1.54) is 0 Å². The van der Waals surface area contributed by atoms with Crippen molar-refractivity contribution in [2.24, 2.45) is 11.1 Å². The summed E-state index contributed by atoms with van der Waals surface area (Å²) >= 11 is 0. The molecule has 0 saturated heterocycles. The van der Waals surface area contributed by atoms with Crippen LogP contribution in [0.5, 0.6) is 11.5 Å². The van der Waals surface area contributed by atoms with Gasteiger partial charge in [-0.25, -0.2) is 0 Å². The summed E-state index contributed by atoms with van der Waals surface area (Å²) in [5, 5.41) is 0. The second kappa shape index (κ2) is 3.74. The maximum Gasteiger partial charge on any atom is 0.161 e. The molecule has 0 spiro atoms. The maximum atomic E-state index is 5.88. The van der Waals surface area contributed by atoms with Gasteiger partial charge in [-0.05, 0) is 12.1 Å². The predicted octanol–water partition coefficient (Wildman–Crippen LogP) is 1.81. The Balaban J connectivity index is 2.19. The molecule has 0 fully saturated rings. The minimum Gasteiger partial charge on any atom is -0.486 e. The van der Waals surface area contributed by atoms with Crippen molar-refractivity contribution in [3.05, 3.63) is 24.3 Å². The van der Waals surface area contributed by atoms with Crippen LogP contribution < -0.4 is 15.2 Å². The van der Waals surface area contributed by atoms with E-state index in [1.807, 2.05) is 24.3 Å². The van der Waals surface area contributed by atoms with Gasteiger partial charge in [0.25, 0.3) is 0 Å². The highest BCUT2D eigenvalue weighted by Gasteiger charge is 2.34. The Morgan fingerprint density at radius 2 is 2.00 bits per heavy atom. The van der Waals surface area contributed by atoms with Crippen LogP contribution in [-0.2, 0) is 0 Å². The molecular weight excluding hydrogens is 190 g/mol. The fourth-order valence-electron chi connectivity index (χ4n) is 1.54. The molecule has 0 radical (unpaired) electrons. The molecule has 1 aliphatic heterocycles. The largest absolute Gasteiger partial charge is 0.486 e. The molecule has 1 atom stereocenters. The minimum absolute atomic E-state index is 0.0254. The van der Waals surface area contributed by atoms with E-state index in [9.17, 15) is 0 Å². The van der Waals surface area contributed by atoms with Crippen LogP contribution >= 0.6 is 0 Å². The third kappa shape index (κ3) is 1.92. The number of para-hydroxylation sites is 2. The molecule has 0 amide bonds. The van der Waals surface area contributed by atoms with Gasteiger partial charge >= 0.3 is 0 Å². The van der Waals surface area contributed by atoms with Crippen molar-refractivity contribution in [2.45, 2.75) is 20.0 Å². The highest BCUT2D eigenvalue weighted by molar-refractivity contribution is 5.40. The average Bonchev–Trinajstić information content (AvgIpc) is 2.28. The first-order chi connectivity index (χ1) is 7.13. The average molecular weight is 207 g/mol. The molecule has 0 saturated carbocycles. The molecule has 1 heterocycles. The molecule has 82 valence electrons. The van der Waals surface area contributed by atoms with E-state index >= 15 is 0 Å². The van der Waals surface area contributed by atoms with Crippen molar-refractivity contribution < 1.29 is 9.47 Å². The van der Waals surface area contributed by atoms with Gasteiger partial charge in [-0.15, -0.1) is 0 Å². The molecule has 2 rings (SSSR count). The molecule has 0 aliphatic carbocycles. The van der Waals surface area contributed by atoms with Crippen LogP contribution in [0.4, 0.5) is 0 Å². The van der Waals surface area contributed by atoms with Gasteiger partial charge < -0.3 is 15.2 Å². The van der Waals surface area contributed by atoms with E-state index < -0.39 is 0 Å². The lowest BCUT2D eigenvalue weighted by Gasteiger charge is -2.36. The van der Waals surface area contributed by atoms with Crippen LogP contribution in [0.1, 0.15) is 13.8 Å². The molecule has 3 nitrogen and oxygen atoms in total. The molecule has 3 heteroatoms. The number of nitrogens with two attached hydrogens (primary N) is 1. The number of benzene rings is 1. The van der Waals surface area contributed by atoms with Crippen LogP contribution in [0.15, 0.2) is 24.3 Å². The summed E-state index contributed by atoms with van der Waals surface area (Å²) in [7, 11) is 0. The van der Waals surface area contributed by atoms with Crippen molar-refractivity contribution >= 4 is 0 Å². The second-order valence-corrected chi connectivity index (χ2v) is 4.56. The SMILES string of the molecule is CC(C)(CN)C1COc2ccccc2O1. The molecular formula is C12H17NO2.